The van der Waals surface area contributed by atoms with Gasteiger partial charge in [-0.1, -0.05) is 30.3 Å². The SMILES string of the molecule is Cc1cc(-c2ccccc2)ccn1.Cc1cn(-c2cc(CN3CCCC(N)C3)cc(NC=O)c2)cn1. The third-order valence-corrected chi connectivity index (χ3v) is 6.16. The average molecular weight is 483 g/mol. The monoisotopic (exact) mass is 482 g/mol. The molecule has 2 aromatic carbocycles. The fraction of sp³-hybridized carbons (Fsp3) is 0.276. The lowest BCUT2D eigenvalue weighted by Gasteiger charge is -2.30. The summed E-state index contributed by atoms with van der Waals surface area (Å²) in [6.45, 7) is 6.79. The molecule has 0 bridgehead atoms. The van der Waals surface area contributed by atoms with Gasteiger partial charge in [-0.15, -0.1) is 0 Å². The van der Waals surface area contributed by atoms with Crippen LogP contribution in [0, 0.1) is 13.8 Å². The number of carbonyl (C=O) groups is 1. The van der Waals surface area contributed by atoms with E-state index in [1.807, 2.05) is 67.2 Å². The summed E-state index contributed by atoms with van der Waals surface area (Å²) in [4.78, 5) is 21.6. The van der Waals surface area contributed by atoms with Crippen molar-refractivity contribution in [1.82, 2.24) is 19.4 Å². The molecule has 3 N–H and O–H groups in total. The van der Waals surface area contributed by atoms with E-state index in [9.17, 15) is 4.79 Å². The van der Waals surface area contributed by atoms with Crippen LogP contribution in [-0.4, -0.2) is 45.0 Å². The highest BCUT2D eigenvalue weighted by atomic mass is 16.1. The Morgan fingerprint density at radius 1 is 1.03 bits per heavy atom. The first-order valence-corrected chi connectivity index (χ1v) is 12.3. The second-order valence-corrected chi connectivity index (χ2v) is 9.26. The molecule has 36 heavy (non-hydrogen) atoms. The maximum absolute atomic E-state index is 10.8. The molecule has 1 amide bonds. The Hall–Kier alpha value is -3.81. The summed E-state index contributed by atoms with van der Waals surface area (Å²) in [6.07, 6.45) is 8.55. The molecule has 0 saturated carbocycles. The molecule has 5 rings (SSSR count). The molecule has 1 aliphatic rings. The van der Waals surface area contributed by atoms with Gasteiger partial charge in [-0.05, 0) is 80.3 Å². The quantitative estimate of drug-likeness (QED) is 0.388. The lowest BCUT2D eigenvalue weighted by atomic mass is 10.1. The van der Waals surface area contributed by atoms with Crippen LogP contribution in [-0.2, 0) is 11.3 Å². The molecule has 1 saturated heterocycles. The van der Waals surface area contributed by atoms with Gasteiger partial charge in [-0.3, -0.25) is 14.7 Å². The summed E-state index contributed by atoms with van der Waals surface area (Å²) >= 11 is 0. The first-order chi connectivity index (χ1) is 17.5. The number of nitrogens with zero attached hydrogens (tertiary/aromatic N) is 4. The Morgan fingerprint density at radius 2 is 1.86 bits per heavy atom. The Balaban J connectivity index is 0.000000197. The molecule has 0 radical (unpaired) electrons. The molecule has 1 atom stereocenters. The van der Waals surface area contributed by atoms with Gasteiger partial charge >= 0.3 is 0 Å². The predicted octanol–water partition coefficient (Wildman–Crippen LogP) is 4.73. The van der Waals surface area contributed by atoms with Crippen molar-refractivity contribution in [2.75, 3.05) is 18.4 Å². The van der Waals surface area contributed by atoms with Gasteiger partial charge in [0.1, 0.15) is 0 Å². The van der Waals surface area contributed by atoms with E-state index in [-0.39, 0.29) is 6.04 Å². The van der Waals surface area contributed by atoms with Crippen LogP contribution >= 0.6 is 0 Å². The molecule has 4 aromatic rings. The number of rotatable bonds is 6. The molecule has 1 fully saturated rings. The molecule has 7 heteroatoms. The number of benzene rings is 2. The van der Waals surface area contributed by atoms with E-state index in [4.69, 9.17) is 5.73 Å². The van der Waals surface area contributed by atoms with Gasteiger partial charge in [0, 0.05) is 48.6 Å². The van der Waals surface area contributed by atoms with Gasteiger partial charge in [-0.25, -0.2) is 4.98 Å². The van der Waals surface area contributed by atoms with E-state index in [2.05, 4.69) is 44.5 Å². The Kier molecular flexibility index (Phi) is 8.60. The number of hydrogen-bond acceptors (Lipinski definition) is 5. The summed E-state index contributed by atoms with van der Waals surface area (Å²) < 4.78 is 1.97. The number of pyridine rings is 1. The minimum absolute atomic E-state index is 0.260. The summed E-state index contributed by atoms with van der Waals surface area (Å²) in [6, 6.07) is 20.8. The van der Waals surface area contributed by atoms with Crippen LogP contribution in [0.4, 0.5) is 5.69 Å². The van der Waals surface area contributed by atoms with Gasteiger partial charge in [-0.2, -0.15) is 0 Å². The number of aromatic nitrogens is 3. The van der Waals surface area contributed by atoms with Crippen LogP contribution in [0.25, 0.3) is 16.8 Å². The van der Waals surface area contributed by atoms with Crippen LogP contribution in [0.15, 0.2) is 79.4 Å². The van der Waals surface area contributed by atoms with E-state index >= 15 is 0 Å². The number of imidazole rings is 1. The molecule has 0 spiro atoms. The fourth-order valence-corrected chi connectivity index (χ4v) is 4.48. The summed E-state index contributed by atoms with van der Waals surface area (Å²) in [5.41, 5.74) is 13.5. The minimum Gasteiger partial charge on any atom is -0.329 e. The molecular formula is C29H34N6O. The normalized spacial score (nSPS) is 15.6. The Morgan fingerprint density at radius 3 is 2.56 bits per heavy atom. The topological polar surface area (TPSA) is 89.1 Å². The molecule has 0 aliphatic carbocycles. The zero-order valence-corrected chi connectivity index (χ0v) is 21.0. The number of carbonyl (C=O) groups excluding carboxylic acids is 1. The number of likely N-dealkylation sites (tertiary alicyclic amines) is 1. The van der Waals surface area contributed by atoms with Gasteiger partial charge in [0.25, 0.3) is 0 Å². The largest absolute Gasteiger partial charge is 0.329 e. The van der Waals surface area contributed by atoms with Crippen molar-refractivity contribution in [3.63, 3.8) is 0 Å². The number of aryl methyl sites for hydroxylation is 2. The lowest BCUT2D eigenvalue weighted by molar-refractivity contribution is -0.105. The molecule has 7 nitrogen and oxygen atoms in total. The standard InChI is InChI=1S/C17H23N5O.C12H11N/c1-13-8-22(11-19-13)17-6-14(5-16(7-17)20-12-23)9-21-4-2-3-15(18)10-21;1-10-9-12(7-8-13-10)11-5-3-2-4-6-11/h5-8,11-12,15H,2-4,9-10,18H2,1H3,(H,20,23);2-9H,1H3. The molecule has 1 aliphatic heterocycles. The van der Waals surface area contributed by atoms with Crippen LogP contribution < -0.4 is 11.1 Å². The van der Waals surface area contributed by atoms with Crippen LogP contribution in [0.2, 0.25) is 0 Å². The Labute approximate surface area is 213 Å². The second-order valence-electron chi connectivity index (χ2n) is 9.26. The number of hydrogen-bond donors (Lipinski definition) is 2. The number of nitrogens with two attached hydrogens (primary N) is 1. The van der Waals surface area contributed by atoms with Crippen LogP contribution in [0.3, 0.4) is 0 Å². The third kappa shape index (κ3) is 7.10. The highest BCUT2D eigenvalue weighted by Gasteiger charge is 2.17. The van der Waals surface area contributed by atoms with Crippen molar-refractivity contribution in [1.29, 1.82) is 0 Å². The summed E-state index contributed by atoms with van der Waals surface area (Å²) in [5, 5.41) is 2.75. The first kappa shape index (κ1) is 25.3. The van der Waals surface area contributed by atoms with Gasteiger partial charge in [0.2, 0.25) is 6.41 Å². The number of nitrogens with one attached hydrogen (secondary N) is 1. The van der Waals surface area contributed by atoms with E-state index < -0.39 is 0 Å². The molecule has 1 unspecified atom stereocenters. The maximum atomic E-state index is 10.8. The van der Waals surface area contributed by atoms with E-state index in [1.165, 1.54) is 11.1 Å². The second kappa shape index (κ2) is 12.2. The van der Waals surface area contributed by atoms with Crippen LogP contribution in [0.1, 0.15) is 29.8 Å². The zero-order valence-electron chi connectivity index (χ0n) is 21.0. The molecule has 186 valence electrons. The molecule has 3 heterocycles. The van der Waals surface area contributed by atoms with Crippen molar-refractivity contribution in [3.05, 3.63) is 96.3 Å². The van der Waals surface area contributed by atoms with Gasteiger partial charge in [0.05, 0.1) is 12.0 Å². The number of anilines is 1. The van der Waals surface area contributed by atoms with E-state index in [0.29, 0.717) is 6.41 Å². The zero-order chi connectivity index (χ0) is 25.3. The maximum Gasteiger partial charge on any atom is 0.211 e. The van der Waals surface area contributed by atoms with E-state index in [1.54, 1.807) is 6.33 Å². The molecule has 2 aromatic heterocycles. The van der Waals surface area contributed by atoms with Crippen LogP contribution in [0.5, 0.6) is 0 Å². The fourth-order valence-electron chi connectivity index (χ4n) is 4.48. The van der Waals surface area contributed by atoms with Gasteiger partial charge in [0.15, 0.2) is 0 Å². The number of amides is 1. The van der Waals surface area contributed by atoms with Gasteiger partial charge < -0.3 is 15.6 Å². The summed E-state index contributed by atoms with van der Waals surface area (Å²) in [5.74, 6) is 0. The predicted molar refractivity (Wildman–Crippen MR) is 145 cm³/mol. The third-order valence-electron chi connectivity index (χ3n) is 6.16. The van der Waals surface area contributed by atoms with Crippen molar-refractivity contribution >= 4 is 12.1 Å². The average Bonchev–Trinajstić information content (AvgIpc) is 3.31. The van der Waals surface area contributed by atoms with Crippen molar-refractivity contribution < 1.29 is 4.79 Å². The lowest BCUT2D eigenvalue weighted by Crippen LogP contribution is -2.42. The molecular weight excluding hydrogens is 448 g/mol. The van der Waals surface area contributed by atoms with Crippen molar-refractivity contribution in [3.8, 4) is 16.8 Å². The minimum atomic E-state index is 0.260. The first-order valence-electron chi connectivity index (χ1n) is 12.3. The summed E-state index contributed by atoms with van der Waals surface area (Å²) in [7, 11) is 0. The highest BCUT2D eigenvalue weighted by Crippen LogP contribution is 2.21. The highest BCUT2D eigenvalue weighted by molar-refractivity contribution is 5.73. The Bertz CT molecular complexity index is 1270. The number of piperidine rings is 1. The van der Waals surface area contributed by atoms with Crippen molar-refractivity contribution in [2.24, 2.45) is 5.73 Å². The van der Waals surface area contributed by atoms with E-state index in [0.717, 1.165) is 60.8 Å². The van der Waals surface area contributed by atoms with Crippen molar-refractivity contribution in [2.45, 2.75) is 39.3 Å². The smallest absolute Gasteiger partial charge is 0.211 e.